The zero-order chi connectivity index (χ0) is 23.2. The van der Waals surface area contributed by atoms with E-state index < -0.39 is 15.9 Å². The van der Waals surface area contributed by atoms with Crippen LogP contribution in [0.3, 0.4) is 0 Å². The fourth-order valence-electron chi connectivity index (χ4n) is 3.88. The summed E-state index contributed by atoms with van der Waals surface area (Å²) in [6.07, 6.45) is 0. The second-order valence-electron chi connectivity index (χ2n) is 7.30. The van der Waals surface area contributed by atoms with Crippen LogP contribution in [0.1, 0.15) is 0 Å². The lowest BCUT2D eigenvalue weighted by Gasteiger charge is -2.17. The first-order valence-electron chi connectivity index (χ1n) is 9.94. The SMILES string of the molecule is COc1ccc(-c2csc(NC(=O)CN3c4cccc5cccc(c45)S3(=O)=O)n2)cc1OC. The van der Waals surface area contributed by atoms with Crippen molar-refractivity contribution < 1.29 is 22.7 Å². The molecule has 0 saturated carbocycles. The van der Waals surface area contributed by atoms with Gasteiger partial charge in [-0.1, -0.05) is 24.3 Å². The number of amides is 1. The number of ether oxygens (including phenoxy) is 2. The normalized spacial score (nSPS) is 13.8. The average Bonchev–Trinajstić information content (AvgIpc) is 3.37. The Hall–Kier alpha value is -3.63. The Morgan fingerprint density at radius 1 is 1.06 bits per heavy atom. The number of methoxy groups -OCH3 is 2. The van der Waals surface area contributed by atoms with Crippen LogP contribution < -0.4 is 19.1 Å². The number of rotatable bonds is 6. The summed E-state index contributed by atoms with van der Waals surface area (Å²) in [5, 5.41) is 6.34. The number of nitrogens with zero attached hydrogens (tertiary/aromatic N) is 2. The van der Waals surface area contributed by atoms with Gasteiger partial charge in [-0.3, -0.25) is 9.10 Å². The number of thiazole rings is 1. The maximum atomic E-state index is 13.1. The van der Waals surface area contributed by atoms with Gasteiger partial charge in [-0.2, -0.15) is 0 Å². The third-order valence-electron chi connectivity index (χ3n) is 5.40. The topological polar surface area (TPSA) is 97.8 Å². The number of carbonyl (C=O) groups excluding carboxylic acids is 1. The number of benzene rings is 3. The number of nitrogens with one attached hydrogen (secondary N) is 1. The molecule has 1 aromatic heterocycles. The lowest BCUT2D eigenvalue weighted by molar-refractivity contribution is -0.114. The van der Waals surface area contributed by atoms with Crippen LogP contribution in [0.15, 0.2) is 64.9 Å². The van der Waals surface area contributed by atoms with Crippen molar-refractivity contribution in [3.63, 3.8) is 0 Å². The van der Waals surface area contributed by atoms with Gasteiger partial charge in [0.05, 0.1) is 30.5 Å². The predicted octanol–water partition coefficient (Wildman–Crippen LogP) is 4.13. The minimum atomic E-state index is -3.81. The van der Waals surface area contributed by atoms with Gasteiger partial charge in [0.25, 0.3) is 10.0 Å². The Morgan fingerprint density at radius 3 is 2.58 bits per heavy atom. The summed E-state index contributed by atoms with van der Waals surface area (Å²) in [4.78, 5) is 17.4. The molecule has 10 heteroatoms. The molecule has 0 atom stereocenters. The number of hydrogen-bond donors (Lipinski definition) is 1. The van der Waals surface area contributed by atoms with Crippen LogP contribution in [0.4, 0.5) is 10.8 Å². The zero-order valence-corrected chi connectivity index (χ0v) is 19.4. The molecule has 4 aromatic rings. The molecule has 1 aliphatic heterocycles. The largest absolute Gasteiger partial charge is 0.493 e. The molecule has 0 unspecified atom stereocenters. The molecule has 1 amide bonds. The molecule has 5 rings (SSSR count). The van der Waals surface area contributed by atoms with Crippen LogP contribution in [0.5, 0.6) is 11.5 Å². The van der Waals surface area contributed by atoms with Crippen LogP contribution in [0.2, 0.25) is 0 Å². The Morgan fingerprint density at radius 2 is 1.82 bits per heavy atom. The number of sulfonamides is 1. The Bertz CT molecular complexity index is 1490. The first-order chi connectivity index (χ1) is 15.9. The average molecular weight is 482 g/mol. The molecule has 33 heavy (non-hydrogen) atoms. The molecule has 3 aromatic carbocycles. The highest BCUT2D eigenvalue weighted by Gasteiger charge is 2.36. The van der Waals surface area contributed by atoms with Crippen molar-refractivity contribution in [3.8, 4) is 22.8 Å². The van der Waals surface area contributed by atoms with Crippen LogP contribution >= 0.6 is 11.3 Å². The quantitative estimate of drug-likeness (QED) is 0.445. The minimum absolute atomic E-state index is 0.216. The predicted molar refractivity (Wildman–Crippen MR) is 128 cm³/mol. The molecular weight excluding hydrogens is 462 g/mol. The number of anilines is 2. The monoisotopic (exact) mass is 481 g/mol. The highest BCUT2D eigenvalue weighted by Crippen LogP contribution is 2.41. The van der Waals surface area contributed by atoms with E-state index in [0.717, 1.165) is 15.3 Å². The summed E-state index contributed by atoms with van der Waals surface area (Å²) in [5.41, 5.74) is 1.96. The van der Waals surface area contributed by atoms with Crippen LogP contribution in [0, 0.1) is 0 Å². The highest BCUT2D eigenvalue weighted by atomic mass is 32.2. The maximum Gasteiger partial charge on any atom is 0.265 e. The van der Waals surface area contributed by atoms with Gasteiger partial charge in [-0.25, -0.2) is 13.4 Å². The fourth-order valence-corrected chi connectivity index (χ4v) is 6.28. The Balaban J connectivity index is 1.36. The Labute approximate surface area is 194 Å². The standard InChI is InChI=1S/C23H19N3O5S2/c1-30-18-10-9-15(11-19(18)31-2)16-13-32-23(24-16)25-21(27)12-26-17-7-3-5-14-6-4-8-20(22(14)17)33(26,28)29/h3-11,13H,12H2,1-2H3,(H,24,25,27). The van der Waals surface area contributed by atoms with Crippen molar-refractivity contribution in [1.29, 1.82) is 0 Å². The van der Waals surface area contributed by atoms with Crippen LogP contribution in [0.25, 0.3) is 22.0 Å². The lowest BCUT2D eigenvalue weighted by atomic mass is 10.1. The van der Waals surface area contributed by atoms with Gasteiger partial charge >= 0.3 is 0 Å². The molecule has 168 valence electrons. The molecular formula is C23H19N3O5S2. The molecule has 0 radical (unpaired) electrons. The van der Waals surface area contributed by atoms with E-state index in [1.54, 1.807) is 56.0 Å². The second-order valence-corrected chi connectivity index (χ2v) is 9.99. The third-order valence-corrected chi connectivity index (χ3v) is 7.96. The van der Waals surface area contributed by atoms with E-state index >= 15 is 0 Å². The van der Waals surface area contributed by atoms with E-state index in [1.165, 1.54) is 11.3 Å². The summed E-state index contributed by atoms with van der Waals surface area (Å²) in [6.45, 7) is -0.346. The third kappa shape index (κ3) is 3.57. The molecule has 0 bridgehead atoms. The molecule has 2 heterocycles. The van der Waals surface area contributed by atoms with Crippen molar-refractivity contribution in [1.82, 2.24) is 4.98 Å². The van der Waals surface area contributed by atoms with Crippen LogP contribution in [-0.4, -0.2) is 40.1 Å². The molecule has 0 aliphatic carbocycles. The highest BCUT2D eigenvalue weighted by molar-refractivity contribution is 7.93. The number of hydrogen-bond acceptors (Lipinski definition) is 7. The van der Waals surface area contributed by atoms with E-state index in [9.17, 15) is 13.2 Å². The van der Waals surface area contributed by atoms with Crippen molar-refractivity contribution in [3.05, 3.63) is 60.0 Å². The van der Waals surface area contributed by atoms with E-state index in [-0.39, 0.29) is 11.4 Å². The van der Waals surface area contributed by atoms with Crippen molar-refractivity contribution >= 4 is 48.9 Å². The summed E-state index contributed by atoms with van der Waals surface area (Å²) in [6, 6.07) is 15.9. The smallest absolute Gasteiger partial charge is 0.265 e. The van der Waals surface area contributed by atoms with Crippen LogP contribution in [-0.2, 0) is 14.8 Å². The first kappa shape index (κ1) is 21.2. The molecule has 1 aliphatic rings. The summed E-state index contributed by atoms with van der Waals surface area (Å²) in [7, 11) is -0.690. The molecule has 8 nitrogen and oxygen atoms in total. The summed E-state index contributed by atoms with van der Waals surface area (Å²) >= 11 is 1.25. The van der Waals surface area contributed by atoms with Gasteiger partial charge in [0, 0.05) is 16.3 Å². The van der Waals surface area contributed by atoms with E-state index in [0.29, 0.717) is 33.4 Å². The minimum Gasteiger partial charge on any atom is -0.493 e. The van der Waals surface area contributed by atoms with E-state index in [1.807, 2.05) is 18.2 Å². The zero-order valence-electron chi connectivity index (χ0n) is 17.7. The molecule has 0 fully saturated rings. The van der Waals surface area contributed by atoms with Crippen molar-refractivity contribution in [2.75, 3.05) is 30.4 Å². The van der Waals surface area contributed by atoms with Crippen molar-refractivity contribution in [2.24, 2.45) is 0 Å². The van der Waals surface area contributed by atoms with E-state index in [4.69, 9.17) is 9.47 Å². The van der Waals surface area contributed by atoms with Gasteiger partial charge in [0.1, 0.15) is 6.54 Å². The second kappa shape index (κ2) is 8.05. The van der Waals surface area contributed by atoms with Gasteiger partial charge in [0.15, 0.2) is 16.6 Å². The molecule has 0 saturated heterocycles. The lowest BCUT2D eigenvalue weighted by Crippen LogP contribution is -2.35. The van der Waals surface area contributed by atoms with Gasteiger partial charge in [-0.05, 0) is 35.7 Å². The van der Waals surface area contributed by atoms with Gasteiger partial charge in [0.2, 0.25) is 5.91 Å². The first-order valence-corrected chi connectivity index (χ1v) is 12.3. The maximum absolute atomic E-state index is 13.1. The summed E-state index contributed by atoms with van der Waals surface area (Å²) < 4.78 is 37.9. The molecule has 1 N–H and O–H groups in total. The van der Waals surface area contributed by atoms with E-state index in [2.05, 4.69) is 10.3 Å². The van der Waals surface area contributed by atoms with Gasteiger partial charge in [-0.15, -0.1) is 11.3 Å². The number of aromatic nitrogens is 1. The molecule has 0 spiro atoms. The summed E-state index contributed by atoms with van der Waals surface area (Å²) in [5.74, 6) is 0.700. The number of carbonyl (C=O) groups is 1. The Kier molecular flexibility index (Phi) is 5.18. The van der Waals surface area contributed by atoms with Gasteiger partial charge < -0.3 is 14.8 Å². The van der Waals surface area contributed by atoms with Crippen molar-refractivity contribution in [2.45, 2.75) is 4.90 Å². The fraction of sp³-hybridized carbons (Fsp3) is 0.130.